The highest BCUT2D eigenvalue weighted by molar-refractivity contribution is 5.75. The van der Waals surface area contributed by atoms with Crippen molar-refractivity contribution in [3.63, 3.8) is 0 Å². The largest absolute Gasteiger partial charge is 0.465 e. The Labute approximate surface area is 120 Å². The van der Waals surface area contributed by atoms with Gasteiger partial charge in [-0.15, -0.1) is 0 Å². The van der Waals surface area contributed by atoms with Gasteiger partial charge in [-0.1, -0.05) is 19.8 Å². The number of carbonyl (C=O) groups is 2. The lowest BCUT2D eigenvalue weighted by Crippen LogP contribution is -2.28. The second kappa shape index (κ2) is 9.75. The minimum Gasteiger partial charge on any atom is -0.465 e. The molecule has 5 nitrogen and oxygen atoms in total. The Hall–Kier alpha value is -1.10. The van der Waals surface area contributed by atoms with Crippen LogP contribution in [0.2, 0.25) is 0 Å². The van der Waals surface area contributed by atoms with Crippen molar-refractivity contribution in [3.8, 4) is 0 Å². The third kappa shape index (κ3) is 5.90. The number of rotatable bonds is 8. The summed E-state index contributed by atoms with van der Waals surface area (Å²) in [5.74, 6) is -0.582. The molecule has 0 aliphatic heterocycles. The van der Waals surface area contributed by atoms with E-state index in [-0.39, 0.29) is 37.0 Å². The molecule has 116 valence electrons. The van der Waals surface area contributed by atoms with Crippen LogP contribution in [-0.4, -0.2) is 36.9 Å². The van der Waals surface area contributed by atoms with Gasteiger partial charge >= 0.3 is 11.9 Å². The maximum Gasteiger partial charge on any atom is 0.309 e. The standard InChI is InChI=1S/C15H26O5/c1-2-3-4-10-19-14(17)12-5-7-13(8-6-12)15(18)20-11-9-16/h12-13,16H,2-11H2,1H3. The first kappa shape index (κ1) is 17.0. The molecule has 20 heavy (non-hydrogen) atoms. The molecule has 1 aliphatic carbocycles. The molecular weight excluding hydrogens is 260 g/mol. The van der Waals surface area contributed by atoms with Gasteiger partial charge in [0.2, 0.25) is 0 Å². The predicted molar refractivity (Wildman–Crippen MR) is 74.0 cm³/mol. The third-order valence-electron chi connectivity index (χ3n) is 3.72. The number of carbonyl (C=O) groups excluding carboxylic acids is 2. The first-order valence-electron chi connectivity index (χ1n) is 7.63. The second-order valence-corrected chi connectivity index (χ2v) is 5.31. The summed E-state index contributed by atoms with van der Waals surface area (Å²) in [5.41, 5.74) is 0. The number of hydrogen-bond acceptors (Lipinski definition) is 5. The molecule has 0 unspecified atom stereocenters. The molecule has 0 radical (unpaired) electrons. The quantitative estimate of drug-likeness (QED) is 0.546. The second-order valence-electron chi connectivity index (χ2n) is 5.31. The van der Waals surface area contributed by atoms with E-state index in [2.05, 4.69) is 6.92 Å². The molecule has 0 spiro atoms. The summed E-state index contributed by atoms with van der Waals surface area (Å²) < 4.78 is 10.2. The van der Waals surface area contributed by atoms with Crippen molar-refractivity contribution in [1.82, 2.24) is 0 Å². The van der Waals surface area contributed by atoms with Gasteiger partial charge in [0.1, 0.15) is 6.61 Å². The summed E-state index contributed by atoms with van der Waals surface area (Å²) in [6.45, 7) is 2.52. The molecule has 1 rings (SSSR count). The Balaban J connectivity index is 2.20. The van der Waals surface area contributed by atoms with Crippen molar-refractivity contribution < 1.29 is 24.2 Å². The Morgan fingerprint density at radius 2 is 1.45 bits per heavy atom. The van der Waals surface area contributed by atoms with Gasteiger partial charge in [-0.25, -0.2) is 0 Å². The van der Waals surface area contributed by atoms with E-state index in [0.29, 0.717) is 32.3 Å². The zero-order valence-corrected chi connectivity index (χ0v) is 12.3. The van der Waals surface area contributed by atoms with Crippen molar-refractivity contribution in [2.75, 3.05) is 19.8 Å². The van der Waals surface area contributed by atoms with Gasteiger partial charge in [-0.05, 0) is 32.1 Å². The zero-order valence-electron chi connectivity index (χ0n) is 12.3. The van der Waals surface area contributed by atoms with Gasteiger partial charge in [0.05, 0.1) is 25.0 Å². The van der Waals surface area contributed by atoms with Crippen molar-refractivity contribution in [1.29, 1.82) is 0 Å². The van der Waals surface area contributed by atoms with Crippen LogP contribution in [0.1, 0.15) is 51.9 Å². The van der Waals surface area contributed by atoms with E-state index in [1.165, 1.54) is 0 Å². The topological polar surface area (TPSA) is 72.8 Å². The van der Waals surface area contributed by atoms with Crippen molar-refractivity contribution in [2.45, 2.75) is 51.9 Å². The van der Waals surface area contributed by atoms with E-state index in [9.17, 15) is 9.59 Å². The maximum absolute atomic E-state index is 11.8. The summed E-state index contributed by atoms with van der Waals surface area (Å²) in [5, 5.41) is 8.61. The van der Waals surface area contributed by atoms with Crippen LogP contribution in [0.15, 0.2) is 0 Å². The Bertz CT molecular complexity index is 295. The molecular formula is C15H26O5. The summed E-state index contributed by atoms with van der Waals surface area (Å²) in [6.07, 6.45) is 5.81. The van der Waals surface area contributed by atoms with E-state index in [0.717, 1.165) is 19.3 Å². The highest BCUT2D eigenvalue weighted by atomic mass is 16.5. The van der Waals surface area contributed by atoms with Crippen LogP contribution >= 0.6 is 0 Å². The average Bonchev–Trinajstić information content (AvgIpc) is 2.49. The van der Waals surface area contributed by atoms with Gasteiger partial charge in [0.25, 0.3) is 0 Å². The van der Waals surface area contributed by atoms with E-state index in [4.69, 9.17) is 14.6 Å². The maximum atomic E-state index is 11.8. The first-order valence-corrected chi connectivity index (χ1v) is 7.63. The molecule has 0 saturated heterocycles. The monoisotopic (exact) mass is 286 g/mol. The van der Waals surface area contributed by atoms with Crippen molar-refractivity contribution in [3.05, 3.63) is 0 Å². The number of unbranched alkanes of at least 4 members (excludes halogenated alkanes) is 2. The first-order chi connectivity index (χ1) is 9.69. The van der Waals surface area contributed by atoms with E-state index < -0.39 is 0 Å². The summed E-state index contributed by atoms with van der Waals surface area (Å²) in [4.78, 5) is 23.5. The highest BCUT2D eigenvalue weighted by Gasteiger charge is 2.31. The van der Waals surface area contributed by atoms with Crippen LogP contribution in [0.4, 0.5) is 0 Å². The number of aliphatic hydroxyl groups is 1. The van der Waals surface area contributed by atoms with Gasteiger partial charge in [0.15, 0.2) is 0 Å². The number of esters is 2. The van der Waals surface area contributed by atoms with Crippen LogP contribution in [0.25, 0.3) is 0 Å². The number of hydrogen-bond donors (Lipinski definition) is 1. The minimum absolute atomic E-state index is 0.0538. The molecule has 5 heteroatoms. The third-order valence-corrected chi connectivity index (χ3v) is 3.72. The van der Waals surface area contributed by atoms with Crippen molar-refractivity contribution in [2.24, 2.45) is 11.8 Å². The van der Waals surface area contributed by atoms with E-state index >= 15 is 0 Å². The molecule has 1 N–H and O–H groups in total. The van der Waals surface area contributed by atoms with Gasteiger partial charge in [0, 0.05) is 0 Å². The molecule has 1 fully saturated rings. The molecule has 0 amide bonds. The minimum atomic E-state index is -0.256. The lowest BCUT2D eigenvalue weighted by molar-refractivity contribution is -0.155. The molecule has 0 aromatic carbocycles. The highest BCUT2D eigenvalue weighted by Crippen LogP contribution is 2.30. The van der Waals surface area contributed by atoms with Crippen LogP contribution in [0.3, 0.4) is 0 Å². The summed E-state index contributed by atoms with van der Waals surface area (Å²) in [7, 11) is 0. The lowest BCUT2D eigenvalue weighted by Gasteiger charge is -2.25. The smallest absolute Gasteiger partial charge is 0.309 e. The Morgan fingerprint density at radius 3 is 1.90 bits per heavy atom. The average molecular weight is 286 g/mol. The Kier molecular flexibility index (Phi) is 8.26. The molecule has 0 aromatic rings. The lowest BCUT2D eigenvalue weighted by atomic mass is 9.82. The molecule has 0 aromatic heterocycles. The van der Waals surface area contributed by atoms with Crippen LogP contribution in [-0.2, 0) is 19.1 Å². The van der Waals surface area contributed by atoms with Gasteiger partial charge in [-0.2, -0.15) is 0 Å². The van der Waals surface area contributed by atoms with Gasteiger partial charge < -0.3 is 14.6 Å². The number of aliphatic hydroxyl groups excluding tert-OH is 1. The van der Waals surface area contributed by atoms with Crippen LogP contribution in [0, 0.1) is 11.8 Å². The van der Waals surface area contributed by atoms with Gasteiger partial charge in [-0.3, -0.25) is 9.59 Å². The molecule has 0 atom stereocenters. The fourth-order valence-corrected chi connectivity index (χ4v) is 2.47. The molecule has 0 bridgehead atoms. The van der Waals surface area contributed by atoms with E-state index in [1.807, 2.05) is 0 Å². The van der Waals surface area contributed by atoms with Crippen LogP contribution < -0.4 is 0 Å². The molecule has 1 aliphatic rings. The predicted octanol–water partition coefficient (Wildman–Crippen LogP) is 2.06. The SMILES string of the molecule is CCCCCOC(=O)C1CCC(C(=O)OCCO)CC1. The summed E-state index contributed by atoms with van der Waals surface area (Å²) in [6, 6.07) is 0. The Morgan fingerprint density at radius 1 is 0.950 bits per heavy atom. The molecule has 0 heterocycles. The normalized spacial score (nSPS) is 22.3. The number of ether oxygens (including phenoxy) is 2. The fourth-order valence-electron chi connectivity index (χ4n) is 2.47. The molecule has 1 saturated carbocycles. The fraction of sp³-hybridized carbons (Fsp3) is 0.867. The van der Waals surface area contributed by atoms with Crippen molar-refractivity contribution >= 4 is 11.9 Å². The summed E-state index contributed by atoms with van der Waals surface area (Å²) >= 11 is 0. The zero-order chi connectivity index (χ0) is 14.8. The van der Waals surface area contributed by atoms with E-state index in [1.54, 1.807) is 0 Å². The van der Waals surface area contributed by atoms with Crippen LogP contribution in [0.5, 0.6) is 0 Å².